The lowest BCUT2D eigenvalue weighted by atomic mass is 10.2. The zero-order valence-electron chi connectivity index (χ0n) is 12.8. The van der Waals surface area contributed by atoms with Gasteiger partial charge < -0.3 is 19.1 Å². The van der Waals surface area contributed by atoms with E-state index in [0.717, 1.165) is 5.56 Å². The summed E-state index contributed by atoms with van der Waals surface area (Å²) < 4.78 is 15.4. The number of rotatable bonds is 6. The standard InChI is InChI=1S/C15H19NO5S/c1-4-21-14(18)8-16-13(17)9-22-15(16)10-5-6-11(19-2)12(7-10)20-3/h5-7,15H,4,8-9H2,1-3H3. The number of carbonyl (C=O) groups is 2. The number of hydrogen-bond donors (Lipinski definition) is 0. The van der Waals surface area contributed by atoms with Crippen LogP contribution in [0.4, 0.5) is 0 Å². The van der Waals surface area contributed by atoms with E-state index < -0.39 is 5.97 Å². The molecule has 1 aliphatic rings. The Kier molecular flexibility index (Phi) is 5.54. The van der Waals surface area contributed by atoms with Crippen LogP contribution in [0.1, 0.15) is 17.9 Å². The fraction of sp³-hybridized carbons (Fsp3) is 0.467. The molecule has 1 heterocycles. The molecule has 0 aliphatic carbocycles. The molecule has 1 aromatic rings. The van der Waals surface area contributed by atoms with Crippen LogP contribution in [-0.4, -0.2) is 49.9 Å². The van der Waals surface area contributed by atoms with E-state index >= 15 is 0 Å². The zero-order chi connectivity index (χ0) is 16.1. The predicted molar refractivity (Wildman–Crippen MR) is 83.1 cm³/mol. The Labute approximate surface area is 133 Å². The SMILES string of the molecule is CCOC(=O)CN1C(=O)CSC1c1ccc(OC)c(OC)c1. The third-order valence-corrected chi connectivity index (χ3v) is 4.52. The molecular weight excluding hydrogens is 306 g/mol. The second-order valence-corrected chi connectivity index (χ2v) is 5.67. The summed E-state index contributed by atoms with van der Waals surface area (Å²) in [5.41, 5.74) is 0.887. The fourth-order valence-corrected chi connectivity index (χ4v) is 3.43. The fourth-order valence-electron chi connectivity index (χ4n) is 2.25. The molecule has 22 heavy (non-hydrogen) atoms. The Morgan fingerprint density at radius 2 is 2.05 bits per heavy atom. The Morgan fingerprint density at radius 3 is 2.68 bits per heavy atom. The Balaban J connectivity index is 2.22. The molecule has 120 valence electrons. The van der Waals surface area contributed by atoms with Gasteiger partial charge in [0.25, 0.3) is 0 Å². The number of thioether (sulfide) groups is 1. The predicted octanol–water partition coefficient (Wildman–Crippen LogP) is 1.84. The van der Waals surface area contributed by atoms with Gasteiger partial charge in [0.2, 0.25) is 5.91 Å². The molecule has 0 N–H and O–H groups in total. The van der Waals surface area contributed by atoms with Crippen molar-refractivity contribution in [2.24, 2.45) is 0 Å². The maximum atomic E-state index is 12.0. The maximum absolute atomic E-state index is 12.0. The van der Waals surface area contributed by atoms with Gasteiger partial charge in [0, 0.05) is 0 Å². The van der Waals surface area contributed by atoms with Gasteiger partial charge in [-0.15, -0.1) is 11.8 Å². The first-order valence-corrected chi connectivity index (χ1v) is 7.94. The average Bonchev–Trinajstić information content (AvgIpc) is 2.88. The number of nitrogens with zero attached hydrogens (tertiary/aromatic N) is 1. The van der Waals surface area contributed by atoms with Crippen molar-refractivity contribution < 1.29 is 23.8 Å². The normalized spacial score (nSPS) is 17.5. The van der Waals surface area contributed by atoms with Crippen LogP contribution >= 0.6 is 11.8 Å². The highest BCUT2D eigenvalue weighted by atomic mass is 32.2. The summed E-state index contributed by atoms with van der Waals surface area (Å²) in [6, 6.07) is 5.49. The van der Waals surface area contributed by atoms with Crippen LogP contribution in [0.5, 0.6) is 11.5 Å². The van der Waals surface area contributed by atoms with E-state index in [-0.39, 0.29) is 17.8 Å². The van der Waals surface area contributed by atoms with Crippen molar-refractivity contribution >= 4 is 23.6 Å². The average molecular weight is 325 g/mol. The Bertz CT molecular complexity index is 563. The first-order chi connectivity index (χ1) is 10.6. The van der Waals surface area contributed by atoms with Gasteiger partial charge in [0.15, 0.2) is 11.5 Å². The molecule has 0 saturated carbocycles. The molecule has 1 aliphatic heterocycles. The van der Waals surface area contributed by atoms with Crippen molar-refractivity contribution in [3.63, 3.8) is 0 Å². The Morgan fingerprint density at radius 1 is 1.32 bits per heavy atom. The van der Waals surface area contributed by atoms with Gasteiger partial charge in [-0.05, 0) is 24.6 Å². The number of amides is 1. The highest BCUT2D eigenvalue weighted by Gasteiger charge is 2.34. The lowest BCUT2D eigenvalue weighted by Gasteiger charge is -2.23. The minimum atomic E-state index is -0.399. The van der Waals surface area contributed by atoms with Crippen LogP contribution in [0.25, 0.3) is 0 Å². The largest absolute Gasteiger partial charge is 0.493 e. The zero-order valence-corrected chi connectivity index (χ0v) is 13.6. The van der Waals surface area contributed by atoms with Crippen LogP contribution in [0.15, 0.2) is 18.2 Å². The molecule has 1 amide bonds. The van der Waals surface area contributed by atoms with Gasteiger partial charge in [0.1, 0.15) is 11.9 Å². The Hall–Kier alpha value is -1.89. The number of methoxy groups -OCH3 is 2. The van der Waals surface area contributed by atoms with Crippen LogP contribution in [0.3, 0.4) is 0 Å². The van der Waals surface area contributed by atoms with Gasteiger partial charge in [-0.3, -0.25) is 9.59 Å². The summed E-state index contributed by atoms with van der Waals surface area (Å²) in [5.74, 6) is 1.09. The molecule has 1 fully saturated rings. The number of hydrogen-bond acceptors (Lipinski definition) is 6. The lowest BCUT2D eigenvalue weighted by Crippen LogP contribution is -2.34. The molecular formula is C15H19NO5S. The minimum Gasteiger partial charge on any atom is -0.493 e. The molecule has 1 unspecified atom stereocenters. The van der Waals surface area contributed by atoms with Crippen LogP contribution in [-0.2, 0) is 14.3 Å². The van der Waals surface area contributed by atoms with Crippen molar-refractivity contribution in [2.75, 3.05) is 33.1 Å². The smallest absolute Gasteiger partial charge is 0.325 e. The second kappa shape index (κ2) is 7.40. The number of esters is 1. The van der Waals surface area contributed by atoms with Gasteiger partial charge in [-0.1, -0.05) is 6.07 Å². The number of benzene rings is 1. The monoisotopic (exact) mass is 325 g/mol. The highest BCUT2D eigenvalue weighted by Crippen LogP contribution is 2.41. The van der Waals surface area contributed by atoms with Crippen molar-refractivity contribution in [3.05, 3.63) is 23.8 Å². The lowest BCUT2D eigenvalue weighted by molar-refractivity contribution is -0.148. The van der Waals surface area contributed by atoms with Crippen molar-refractivity contribution in [3.8, 4) is 11.5 Å². The van der Waals surface area contributed by atoms with E-state index in [9.17, 15) is 9.59 Å². The summed E-state index contributed by atoms with van der Waals surface area (Å²) in [6.07, 6.45) is 0. The molecule has 2 rings (SSSR count). The highest BCUT2D eigenvalue weighted by molar-refractivity contribution is 8.00. The third kappa shape index (κ3) is 3.47. The van der Waals surface area contributed by atoms with Gasteiger partial charge >= 0.3 is 5.97 Å². The van der Waals surface area contributed by atoms with Crippen molar-refractivity contribution in [1.82, 2.24) is 4.90 Å². The minimum absolute atomic E-state index is 0.0430. The van der Waals surface area contributed by atoms with Crippen molar-refractivity contribution in [1.29, 1.82) is 0 Å². The summed E-state index contributed by atoms with van der Waals surface area (Å²) in [7, 11) is 3.13. The topological polar surface area (TPSA) is 65.1 Å². The number of carbonyl (C=O) groups excluding carboxylic acids is 2. The molecule has 0 radical (unpaired) electrons. The quantitative estimate of drug-likeness (QED) is 0.744. The van der Waals surface area contributed by atoms with Crippen LogP contribution in [0, 0.1) is 0 Å². The molecule has 1 atom stereocenters. The van der Waals surface area contributed by atoms with E-state index in [1.54, 1.807) is 27.2 Å². The molecule has 0 spiro atoms. The first kappa shape index (κ1) is 16.5. The number of ether oxygens (including phenoxy) is 3. The van der Waals surface area contributed by atoms with Crippen LogP contribution < -0.4 is 9.47 Å². The molecule has 0 bridgehead atoms. The molecule has 0 aromatic heterocycles. The summed E-state index contributed by atoms with van der Waals surface area (Å²) >= 11 is 1.48. The molecule has 7 heteroatoms. The van der Waals surface area contributed by atoms with Crippen molar-refractivity contribution in [2.45, 2.75) is 12.3 Å². The van der Waals surface area contributed by atoms with E-state index in [1.807, 2.05) is 12.1 Å². The van der Waals surface area contributed by atoms with E-state index in [1.165, 1.54) is 16.7 Å². The van der Waals surface area contributed by atoms with Crippen LogP contribution in [0.2, 0.25) is 0 Å². The van der Waals surface area contributed by atoms with E-state index in [0.29, 0.717) is 23.9 Å². The maximum Gasteiger partial charge on any atom is 0.325 e. The third-order valence-electron chi connectivity index (χ3n) is 3.27. The second-order valence-electron chi connectivity index (χ2n) is 4.60. The van der Waals surface area contributed by atoms with Gasteiger partial charge in [0.05, 0.1) is 26.6 Å². The van der Waals surface area contributed by atoms with Gasteiger partial charge in [-0.2, -0.15) is 0 Å². The van der Waals surface area contributed by atoms with E-state index in [4.69, 9.17) is 14.2 Å². The molecule has 6 nitrogen and oxygen atoms in total. The summed E-state index contributed by atoms with van der Waals surface area (Å²) in [5, 5.41) is -0.225. The van der Waals surface area contributed by atoms with Gasteiger partial charge in [-0.25, -0.2) is 0 Å². The van der Waals surface area contributed by atoms with E-state index in [2.05, 4.69) is 0 Å². The first-order valence-electron chi connectivity index (χ1n) is 6.89. The summed E-state index contributed by atoms with van der Waals surface area (Å²) in [6.45, 7) is 2.00. The molecule has 1 aromatic carbocycles. The molecule has 1 saturated heterocycles. The summed E-state index contributed by atoms with van der Waals surface area (Å²) in [4.78, 5) is 25.2.